The Kier molecular flexibility index (Phi) is 7.12. The minimum Gasteiger partial charge on any atom is -0.348 e. The van der Waals surface area contributed by atoms with E-state index in [0.717, 1.165) is 17.4 Å². The van der Waals surface area contributed by atoms with Crippen molar-refractivity contribution in [2.45, 2.75) is 30.8 Å². The van der Waals surface area contributed by atoms with Crippen LogP contribution in [0.4, 0.5) is 0 Å². The van der Waals surface area contributed by atoms with Crippen molar-refractivity contribution in [2.24, 2.45) is 0 Å². The van der Waals surface area contributed by atoms with Gasteiger partial charge in [-0.2, -0.15) is 0 Å². The van der Waals surface area contributed by atoms with Crippen LogP contribution in [0.15, 0.2) is 65.6 Å². The monoisotopic (exact) mass is 400 g/mol. The maximum absolute atomic E-state index is 12.3. The molecule has 0 aliphatic carbocycles. The molecule has 2 N–H and O–H groups in total. The highest BCUT2D eigenvalue weighted by molar-refractivity contribution is 7.90. The molecule has 28 heavy (non-hydrogen) atoms. The second kappa shape index (κ2) is 9.32. The number of nitrogens with one attached hydrogen (secondary N) is 2. The van der Waals surface area contributed by atoms with Crippen molar-refractivity contribution in [2.75, 3.05) is 6.26 Å². The van der Waals surface area contributed by atoms with E-state index < -0.39 is 15.9 Å². The van der Waals surface area contributed by atoms with Crippen LogP contribution in [-0.2, 0) is 19.4 Å². The lowest BCUT2D eigenvalue weighted by Gasteiger charge is -2.18. The average Bonchev–Trinajstić information content (AvgIpc) is 2.66. The van der Waals surface area contributed by atoms with Crippen LogP contribution >= 0.6 is 0 Å². The van der Waals surface area contributed by atoms with E-state index in [2.05, 4.69) is 10.6 Å². The number of rotatable bonds is 7. The Morgan fingerprint density at radius 1 is 0.929 bits per heavy atom. The van der Waals surface area contributed by atoms with Crippen LogP contribution in [0.2, 0.25) is 0 Å². The van der Waals surface area contributed by atoms with Gasteiger partial charge in [0.25, 0.3) is 0 Å². The van der Waals surface area contributed by atoms with E-state index in [1.54, 1.807) is 32.1 Å². The molecule has 6 nitrogen and oxygen atoms in total. The molecule has 0 aromatic heterocycles. The molecule has 2 atom stereocenters. The lowest BCUT2D eigenvalue weighted by molar-refractivity contribution is -0.127. The van der Waals surface area contributed by atoms with Gasteiger partial charge in [-0.3, -0.25) is 9.59 Å². The third-order valence-electron chi connectivity index (χ3n) is 4.15. The standard InChI is InChI=1S/C21H24N2O4S/c1-15(18-10-12-19(13-11-18)28(3,26)27)23-21(25)16(2)22-20(24)14-9-17-7-5-4-6-8-17/h4-16H,1-3H3,(H,22,24)(H,23,25)/b14-9+. The molecule has 0 aliphatic heterocycles. The molecule has 0 aliphatic rings. The smallest absolute Gasteiger partial charge is 0.244 e. The second-order valence-electron chi connectivity index (χ2n) is 6.55. The zero-order valence-electron chi connectivity index (χ0n) is 16.0. The van der Waals surface area contributed by atoms with Gasteiger partial charge in [-0.1, -0.05) is 42.5 Å². The van der Waals surface area contributed by atoms with Crippen LogP contribution in [0, 0.1) is 0 Å². The van der Waals surface area contributed by atoms with Crippen molar-refractivity contribution >= 4 is 27.7 Å². The molecule has 2 unspecified atom stereocenters. The van der Waals surface area contributed by atoms with E-state index in [-0.39, 0.29) is 22.8 Å². The Bertz CT molecular complexity index is 952. The highest BCUT2D eigenvalue weighted by Gasteiger charge is 2.17. The Morgan fingerprint density at radius 3 is 2.11 bits per heavy atom. The molecule has 0 heterocycles. The van der Waals surface area contributed by atoms with Crippen molar-refractivity contribution < 1.29 is 18.0 Å². The van der Waals surface area contributed by atoms with Gasteiger partial charge in [0.1, 0.15) is 6.04 Å². The lowest BCUT2D eigenvalue weighted by atomic mass is 10.1. The van der Waals surface area contributed by atoms with E-state index >= 15 is 0 Å². The molecule has 2 rings (SSSR count). The minimum atomic E-state index is -3.26. The largest absolute Gasteiger partial charge is 0.348 e. The normalized spacial score (nSPS) is 13.7. The number of carbonyl (C=O) groups excluding carboxylic acids is 2. The summed E-state index contributed by atoms with van der Waals surface area (Å²) in [7, 11) is -3.26. The molecule has 0 bridgehead atoms. The molecule has 0 saturated carbocycles. The van der Waals surface area contributed by atoms with Crippen LogP contribution < -0.4 is 10.6 Å². The summed E-state index contributed by atoms with van der Waals surface area (Å²) in [5, 5.41) is 5.42. The van der Waals surface area contributed by atoms with Crippen LogP contribution in [0.3, 0.4) is 0 Å². The van der Waals surface area contributed by atoms with Crippen LogP contribution in [-0.4, -0.2) is 32.5 Å². The number of hydrogen-bond donors (Lipinski definition) is 2. The van der Waals surface area contributed by atoms with Crippen LogP contribution in [0.5, 0.6) is 0 Å². The zero-order valence-corrected chi connectivity index (χ0v) is 16.9. The van der Waals surface area contributed by atoms with Gasteiger partial charge in [-0.05, 0) is 43.2 Å². The fourth-order valence-corrected chi connectivity index (χ4v) is 3.12. The van der Waals surface area contributed by atoms with Crippen molar-refractivity contribution in [3.8, 4) is 0 Å². The number of hydrogen-bond acceptors (Lipinski definition) is 4. The molecule has 2 aromatic carbocycles. The van der Waals surface area contributed by atoms with E-state index in [1.165, 1.54) is 18.2 Å². The summed E-state index contributed by atoms with van der Waals surface area (Å²) < 4.78 is 23.0. The first kappa shape index (κ1) is 21.4. The average molecular weight is 401 g/mol. The minimum absolute atomic E-state index is 0.223. The van der Waals surface area contributed by atoms with Gasteiger partial charge >= 0.3 is 0 Å². The Hall–Kier alpha value is -2.93. The van der Waals surface area contributed by atoms with Gasteiger partial charge < -0.3 is 10.6 Å². The van der Waals surface area contributed by atoms with E-state index in [0.29, 0.717) is 0 Å². The predicted octanol–water partition coefficient (Wildman–Crippen LogP) is 2.49. The van der Waals surface area contributed by atoms with Crippen molar-refractivity contribution in [1.82, 2.24) is 10.6 Å². The van der Waals surface area contributed by atoms with Gasteiger partial charge in [-0.25, -0.2) is 8.42 Å². The Morgan fingerprint density at radius 2 is 1.54 bits per heavy atom. The zero-order chi connectivity index (χ0) is 20.7. The van der Waals surface area contributed by atoms with Gasteiger partial charge in [-0.15, -0.1) is 0 Å². The fraction of sp³-hybridized carbons (Fsp3) is 0.238. The predicted molar refractivity (Wildman–Crippen MR) is 109 cm³/mol. The van der Waals surface area contributed by atoms with Crippen molar-refractivity contribution in [1.29, 1.82) is 0 Å². The maximum Gasteiger partial charge on any atom is 0.244 e. The third-order valence-corrected chi connectivity index (χ3v) is 5.27. The summed E-state index contributed by atoms with van der Waals surface area (Å²) in [6.07, 6.45) is 4.20. The number of benzene rings is 2. The second-order valence-corrected chi connectivity index (χ2v) is 8.56. The van der Waals surface area contributed by atoms with Crippen molar-refractivity contribution in [3.63, 3.8) is 0 Å². The number of amides is 2. The maximum atomic E-state index is 12.3. The van der Waals surface area contributed by atoms with Gasteiger partial charge in [0.2, 0.25) is 11.8 Å². The number of carbonyl (C=O) groups is 2. The van der Waals surface area contributed by atoms with Crippen molar-refractivity contribution in [3.05, 3.63) is 71.8 Å². The summed E-state index contributed by atoms with van der Waals surface area (Å²) in [5.74, 6) is -0.696. The summed E-state index contributed by atoms with van der Waals surface area (Å²) >= 11 is 0. The molecule has 2 aromatic rings. The molecular weight excluding hydrogens is 376 g/mol. The first-order valence-corrected chi connectivity index (χ1v) is 10.7. The van der Waals surface area contributed by atoms with Gasteiger partial charge in [0, 0.05) is 12.3 Å². The summed E-state index contributed by atoms with van der Waals surface area (Å²) in [4.78, 5) is 24.5. The van der Waals surface area contributed by atoms with Gasteiger partial charge in [0.15, 0.2) is 9.84 Å². The number of sulfone groups is 1. The highest BCUT2D eigenvalue weighted by Crippen LogP contribution is 2.16. The quantitative estimate of drug-likeness (QED) is 0.699. The first-order valence-electron chi connectivity index (χ1n) is 8.81. The molecule has 7 heteroatoms. The molecule has 2 amide bonds. The Balaban J connectivity index is 1.90. The highest BCUT2D eigenvalue weighted by atomic mass is 32.2. The molecule has 0 saturated heterocycles. The Labute approximate surface area is 165 Å². The molecule has 0 radical (unpaired) electrons. The first-order chi connectivity index (χ1) is 13.2. The SMILES string of the molecule is CC(NC(=O)/C=C/c1ccccc1)C(=O)NC(C)c1ccc(S(C)(=O)=O)cc1. The third kappa shape index (κ3) is 6.35. The fourth-order valence-electron chi connectivity index (χ4n) is 2.49. The molecule has 0 spiro atoms. The topological polar surface area (TPSA) is 92.3 Å². The summed E-state index contributed by atoms with van der Waals surface area (Å²) in [6, 6.07) is 14.7. The van der Waals surface area contributed by atoms with E-state index in [4.69, 9.17) is 0 Å². The van der Waals surface area contributed by atoms with E-state index in [1.807, 2.05) is 30.3 Å². The van der Waals surface area contributed by atoms with Crippen LogP contribution in [0.1, 0.15) is 31.0 Å². The summed E-state index contributed by atoms with van der Waals surface area (Å²) in [6.45, 7) is 3.39. The molecular formula is C21H24N2O4S. The van der Waals surface area contributed by atoms with Gasteiger partial charge in [0.05, 0.1) is 10.9 Å². The van der Waals surface area contributed by atoms with E-state index in [9.17, 15) is 18.0 Å². The van der Waals surface area contributed by atoms with Crippen LogP contribution in [0.25, 0.3) is 6.08 Å². The lowest BCUT2D eigenvalue weighted by Crippen LogP contribution is -2.45. The molecule has 148 valence electrons. The molecule has 0 fully saturated rings. The summed E-state index contributed by atoms with van der Waals surface area (Å²) in [5.41, 5.74) is 1.66.